The molecule has 4 rings (SSSR count). The minimum absolute atomic E-state index is 0.234. The van der Waals surface area contributed by atoms with E-state index >= 15 is 0 Å². The number of hydrazone groups is 1. The quantitative estimate of drug-likeness (QED) is 0.333. The molecule has 0 unspecified atom stereocenters. The van der Waals surface area contributed by atoms with Gasteiger partial charge in [-0.1, -0.05) is 42.5 Å². The van der Waals surface area contributed by atoms with Gasteiger partial charge in [0.1, 0.15) is 5.58 Å². The predicted molar refractivity (Wildman–Crippen MR) is 103 cm³/mol. The van der Waals surface area contributed by atoms with Crippen LogP contribution in [0.3, 0.4) is 0 Å². The molecule has 0 radical (unpaired) electrons. The average Bonchev–Trinajstić information content (AvgIpc) is 3.24. The smallest absolute Gasteiger partial charge is 0.307 e. The second-order valence-electron chi connectivity index (χ2n) is 5.89. The third-order valence-electron chi connectivity index (χ3n) is 4.16. The minimum Gasteiger partial charge on any atom is -0.451 e. The lowest BCUT2D eigenvalue weighted by Gasteiger charge is -1.98. The molecule has 0 fully saturated rings. The van der Waals surface area contributed by atoms with Gasteiger partial charge in [0.25, 0.3) is 0 Å². The molecule has 0 spiro atoms. The largest absolute Gasteiger partial charge is 0.451 e. The summed E-state index contributed by atoms with van der Waals surface area (Å²) in [6, 6.07) is 17.2. The van der Waals surface area contributed by atoms with Crippen molar-refractivity contribution in [2.45, 2.75) is 6.54 Å². The number of benzene rings is 2. The molecule has 1 N–H and O–H groups in total. The molecule has 26 heavy (non-hydrogen) atoms. The molecule has 0 saturated carbocycles. The summed E-state index contributed by atoms with van der Waals surface area (Å²) in [5.41, 5.74) is 5.22. The Bertz CT molecular complexity index is 1100. The van der Waals surface area contributed by atoms with E-state index in [4.69, 9.17) is 4.42 Å². The summed E-state index contributed by atoms with van der Waals surface area (Å²) in [5, 5.41) is 6.04. The van der Waals surface area contributed by atoms with Crippen molar-refractivity contribution in [1.82, 2.24) is 9.99 Å². The third kappa shape index (κ3) is 2.91. The first-order chi connectivity index (χ1) is 12.8. The lowest BCUT2D eigenvalue weighted by Crippen LogP contribution is -2.16. The second-order valence-corrected chi connectivity index (χ2v) is 5.89. The molecule has 5 heteroatoms. The maximum absolute atomic E-state index is 12.2. The van der Waals surface area contributed by atoms with Crippen LogP contribution in [0.1, 0.15) is 16.1 Å². The number of hydrogen-bond acceptors (Lipinski definition) is 3. The van der Waals surface area contributed by atoms with Crippen LogP contribution in [0.2, 0.25) is 0 Å². The fraction of sp³-hybridized carbons (Fsp3) is 0.0476. The Kier molecular flexibility index (Phi) is 4.11. The van der Waals surface area contributed by atoms with E-state index in [1.165, 1.54) is 0 Å². The Hall–Kier alpha value is -3.60. The Morgan fingerprint density at radius 2 is 2.00 bits per heavy atom. The van der Waals surface area contributed by atoms with Crippen molar-refractivity contribution in [1.29, 1.82) is 0 Å². The zero-order valence-corrected chi connectivity index (χ0v) is 14.1. The van der Waals surface area contributed by atoms with E-state index in [0.717, 1.165) is 21.9 Å². The van der Waals surface area contributed by atoms with Crippen molar-refractivity contribution in [3.63, 3.8) is 0 Å². The molecule has 2 aromatic carbocycles. The van der Waals surface area contributed by atoms with Crippen LogP contribution in [0.15, 0.2) is 83.0 Å². The number of carbonyl (C=O) groups is 1. The van der Waals surface area contributed by atoms with Crippen molar-refractivity contribution in [2.75, 3.05) is 0 Å². The van der Waals surface area contributed by atoms with Crippen molar-refractivity contribution in [2.24, 2.45) is 5.10 Å². The second kappa shape index (κ2) is 6.72. The van der Waals surface area contributed by atoms with Gasteiger partial charge in [-0.25, -0.2) is 5.43 Å². The molecule has 128 valence electrons. The van der Waals surface area contributed by atoms with Gasteiger partial charge in [-0.05, 0) is 18.2 Å². The fourth-order valence-electron chi connectivity index (χ4n) is 2.98. The number of fused-ring (bicyclic) bond motifs is 2. The van der Waals surface area contributed by atoms with E-state index in [-0.39, 0.29) is 11.7 Å². The normalized spacial score (nSPS) is 11.4. The summed E-state index contributed by atoms with van der Waals surface area (Å²) in [4.78, 5) is 12.2. The molecule has 0 saturated heterocycles. The first-order valence-electron chi connectivity index (χ1n) is 8.27. The highest BCUT2D eigenvalue weighted by Gasteiger charge is 2.11. The molecule has 0 atom stereocenters. The number of hydrogen-bond donors (Lipinski definition) is 1. The molecule has 5 nitrogen and oxygen atoms in total. The van der Waals surface area contributed by atoms with Gasteiger partial charge < -0.3 is 8.98 Å². The molecule has 0 aliphatic carbocycles. The number of nitrogens with zero attached hydrogens (tertiary/aromatic N) is 2. The molecule has 0 aliphatic rings. The van der Waals surface area contributed by atoms with Crippen LogP contribution in [-0.4, -0.2) is 16.7 Å². The number of nitrogens with one attached hydrogen (secondary N) is 1. The first kappa shape index (κ1) is 15.9. The highest BCUT2D eigenvalue weighted by molar-refractivity contribution is 6.00. The predicted octanol–water partition coefficient (Wildman–Crippen LogP) is 4.34. The third-order valence-corrected chi connectivity index (χ3v) is 4.16. The van der Waals surface area contributed by atoms with Crippen molar-refractivity contribution >= 4 is 34.0 Å². The van der Waals surface area contributed by atoms with Crippen LogP contribution in [0.25, 0.3) is 21.9 Å². The van der Waals surface area contributed by atoms with E-state index in [1.807, 2.05) is 60.8 Å². The Balaban J connectivity index is 1.55. The van der Waals surface area contributed by atoms with Crippen molar-refractivity contribution in [3.05, 3.63) is 84.8 Å². The van der Waals surface area contributed by atoms with Crippen LogP contribution >= 0.6 is 0 Å². The minimum atomic E-state index is -0.382. The van der Waals surface area contributed by atoms with Gasteiger partial charge in [0, 0.05) is 34.6 Å². The van der Waals surface area contributed by atoms with E-state index in [2.05, 4.69) is 21.7 Å². The fourth-order valence-corrected chi connectivity index (χ4v) is 2.98. The molecular weight excluding hydrogens is 326 g/mol. The maximum atomic E-state index is 12.2. The van der Waals surface area contributed by atoms with E-state index in [1.54, 1.807) is 12.3 Å². The highest BCUT2D eigenvalue weighted by Crippen LogP contribution is 2.20. The SMILES string of the molecule is C=CCn1cc(/C=N/NC(=O)c2cc3ccccc3o2)c2ccccc21. The van der Waals surface area contributed by atoms with Gasteiger partial charge in [0.15, 0.2) is 5.76 Å². The van der Waals surface area contributed by atoms with E-state index in [0.29, 0.717) is 12.1 Å². The summed E-state index contributed by atoms with van der Waals surface area (Å²) < 4.78 is 7.63. The Morgan fingerprint density at radius 3 is 2.85 bits per heavy atom. The summed E-state index contributed by atoms with van der Waals surface area (Å²) in [6.07, 6.45) is 5.47. The average molecular weight is 343 g/mol. The maximum Gasteiger partial charge on any atom is 0.307 e. The van der Waals surface area contributed by atoms with E-state index in [9.17, 15) is 4.79 Å². The molecular formula is C21H17N3O2. The summed E-state index contributed by atoms with van der Waals surface area (Å²) in [6.45, 7) is 4.50. The molecule has 1 amide bonds. The van der Waals surface area contributed by atoms with Gasteiger partial charge in [0.05, 0.1) is 6.21 Å². The number of aromatic nitrogens is 1. The van der Waals surface area contributed by atoms with Crippen LogP contribution in [0.5, 0.6) is 0 Å². The topological polar surface area (TPSA) is 59.5 Å². The van der Waals surface area contributed by atoms with Gasteiger partial charge in [-0.15, -0.1) is 6.58 Å². The lowest BCUT2D eigenvalue weighted by molar-refractivity contribution is 0.0929. The standard InChI is InChI=1S/C21H17N3O2/c1-2-11-24-14-16(17-8-4-5-9-18(17)24)13-22-23-21(25)20-12-15-7-3-6-10-19(15)26-20/h2-10,12-14H,1,11H2,(H,23,25)/b22-13+. The number of amides is 1. The Labute approximate surface area is 150 Å². The van der Waals surface area contributed by atoms with Gasteiger partial charge in [0.2, 0.25) is 0 Å². The van der Waals surface area contributed by atoms with Crippen molar-refractivity contribution in [3.8, 4) is 0 Å². The van der Waals surface area contributed by atoms with Crippen LogP contribution < -0.4 is 5.43 Å². The van der Waals surface area contributed by atoms with Gasteiger partial charge in [-0.3, -0.25) is 4.79 Å². The molecule has 4 aromatic rings. The monoisotopic (exact) mass is 343 g/mol. The summed E-state index contributed by atoms with van der Waals surface area (Å²) in [7, 11) is 0. The number of carbonyl (C=O) groups excluding carboxylic acids is 1. The number of furan rings is 1. The summed E-state index contributed by atoms with van der Waals surface area (Å²) >= 11 is 0. The van der Waals surface area contributed by atoms with Crippen LogP contribution in [0.4, 0.5) is 0 Å². The van der Waals surface area contributed by atoms with E-state index < -0.39 is 0 Å². The van der Waals surface area contributed by atoms with Crippen LogP contribution in [0, 0.1) is 0 Å². The lowest BCUT2D eigenvalue weighted by atomic mass is 10.2. The number of allylic oxidation sites excluding steroid dienone is 1. The zero-order valence-electron chi connectivity index (χ0n) is 14.1. The van der Waals surface area contributed by atoms with Gasteiger partial charge in [-0.2, -0.15) is 5.10 Å². The zero-order chi connectivity index (χ0) is 17.9. The first-order valence-corrected chi connectivity index (χ1v) is 8.27. The van der Waals surface area contributed by atoms with Gasteiger partial charge >= 0.3 is 5.91 Å². The molecule has 0 aliphatic heterocycles. The molecule has 2 aromatic heterocycles. The Morgan fingerprint density at radius 1 is 1.19 bits per heavy atom. The number of para-hydroxylation sites is 2. The van der Waals surface area contributed by atoms with Crippen molar-refractivity contribution < 1.29 is 9.21 Å². The molecule has 2 heterocycles. The number of rotatable bonds is 5. The summed E-state index contributed by atoms with van der Waals surface area (Å²) in [5.74, 6) is -0.148. The molecule has 0 bridgehead atoms. The van der Waals surface area contributed by atoms with Crippen LogP contribution in [-0.2, 0) is 6.54 Å². The highest BCUT2D eigenvalue weighted by atomic mass is 16.3.